The minimum Gasteiger partial charge on any atom is -0.489 e. The Balaban J connectivity index is 2.68. The van der Waals surface area contributed by atoms with Gasteiger partial charge in [0.1, 0.15) is 5.75 Å². The van der Waals surface area contributed by atoms with Gasteiger partial charge in [0.05, 0.1) is 11.1 Å². The van der Waals surface area contributed by atoms with Crippen molar-refractivity contribution >= 4 is 11.6 Å². The number of ether oxygens (including phenoxy) is 1. The fourth-order valence-electron chi connectivity index (χ4n) is 2.29. The fourth-order valence-corrected chi connectivity index (χ4v) is 2.52. The first-order valence-electron chi connectivity index (χ1n) is 7.63. The Labute approximate surface area is 128 Å². The molecule has 0 amide bonds. The SMILES string of the molecule is CCCNC(C)c1ccc(OC(C)CC(C)C)c(Cl)c1. The summed E-state index contributed by atoms with van der Waals surface area (Å²) in [6.45, 7) is 11.8. The molecule has 0 aliphatic rings. The van der Waals surface area contributed by atoms with Gasteiger partial charge in [-0.1, -0.05) is 38.4 Å². The van der Waals surface area contributed by atoms with Gasteiger partial charge in [0.15, 0.2) is 0 Å². The van der Waals surface area contributed by atoms with E-state index in [0.717, 1.165) is 25.1 Å². The molecule has 3 heteroatoms. The zero-order chi connectivity index (χ0) is 15.1. The van der Waals surface area contributed by atoms with E-state index in [0.29, 0.717) is 17.0 Å². The van der Waals surface area contributed by atoms with Crippen molar-refractivity contribution in [3.8, 4) is 5.75 Å². The molecule has 1 rings (SSSR count). The monoisotopic (exact) mass is 297 g/mol. The van der Waals surface area contributed by atoms with Crippen LogP contribution in [-0.2, 0) is 0 Å². The van der Waals surface area contributed by atoms with E-state index in [-0.39, 0.29) is 6.10 Å². The molecule has 2 unspecified atom stereocenters. The molecular formula is C17H28ClNO. The summed E-state index contributed by atoms with van der Waals surface area (Å²) in [6.07, 6.45) is 2.35. The van der Waals surface area contributed by atoms with Crippen molar-refractivity contribution in [3.05, 3.63) is 28.8 Å². The Hall–Kier alpha value is -0.730. The standard InChI is InChI=1S/C17H28ClNO/c1-6-9-19-14(5)15-7-8-17(16(18)11-15)20-13(4)10-12(2)3/h7-8,11-14,19H,6,9-10H2,1-5H3. The van der Waals surface area contributed by atoms with Crippen molar-refractivity contribution in [1.29, 1.82) is 0 Å². The maximum Gasteiger partial charge on any atom is 0.138 e. The summed E-state index contributed by atoms with van der Waals surface area (Å²) < 4.78 is 5.92. The third-order valence-electron chi connectivity index (χ3n) is 3.29. The van der Waals surface area contributed by atoms with Gasteiger partial charge in [-0.25, -0.2) is 0 Å². The van der Waals surface area contributed by atoms with Crippen LogP contribution in [0.4, 0.5) is 0 Å². The Kier molecular flexibility index (Phi) is 7.39. The second kappa shape index (κ2) is 8.53. The molecule has 0 aromatic heterocycles. The quantitative estimate of drug-likeness (QED) is 0.711. The molecule has 0 radical (unpaired) electrons. The second-order valence-corrected chi connectivity index (χ2v) is 6.33. The molecule has 2 atom stereocenters. The Morgan fingerprint density at radius 2 is 1.90 bits per heavy atom. The summed E-state index contributed by atoms with van der Waals surface area (Å²) in [5.74, 6) is 1.41. The van der Waals surface area contributed by atoms with E-state index in [4.69, 9.17) is 16.3 Å². The minimum absolute atomic E-state index is 0.189. The first-order chi connectivity index (χ1) is 9.43. The molecule has 2 nitrogen and oxygen atoms in total. The van der Waals surface area contributed by atoms with Crippen LogP contribution >= 0.6 is 11.6 Å². The van der Waals surface area contributed by atoms with Crippen molar-refractivity contribution in [2.75, 3.05) is 6.54 Å². The molecule has 0 spiro atoms. The molecule has 1 N–H and O–H groups in total. The van der Waals surface area contributed by atoms with Gasteiger partial charge in [-0.05, 0) is 56.8 Å². The van der Waals surface area contributed by atoms with E-state index >= 15 is 0 Å². The molecule has 0 aliphatic carbocycles. The van der Waals surface area contributed by atoms with E-state index in [1.165, 1.54) is 5.56 Å². The summed E-state index contributed by atoms with van der Waals surface area (Å²) in [5.41, 5.74) is 1.20. The maximum atomic E-state index is 6.34. The molecule has 0 aliphatic heterocycles. The van der Waals surface area contributed by atoms with Crippen molar-refractivity contribution in [3.63, 3.8) is 0 Å². The van der Waals surface area contributed by atoms with Crippen LogP contribution in [0, 0.1) is 5.92 Å². The van der Waals surface area contributed by atoms with Gasteiger partial charge >= 0.3 is 0 Å². The van der Waals surface area contributed by atoms with Gasteiger partial charge < -0.3 is 10.1 Å². The van der Waals surface area contributed by atoms with Crippen LogP contribution in [-0.4, -0.2) is 12.6 Å². The van der Waals surface area contributed by atoms with Gasteiger partial charge in [-0.15, -0.1) is 0 Å². The summed E-state index contributed by atoms with van der Waals surface area (Å²) in [4.78, 5) is 0. The molecule has 114 valence electrons. The summed E-state index contributed by atoms with van der Waals surface area (Å²) in [5, 5.41) is 4.16. The highest BCUT2D eigenvalue weighted by Gasteiger charge is 2.12. The van der Waals surface area contributed by atoms with Crippen LogP contribution in [0.3, 0.4) is 0 Å². The van der Waals surface area contributed by atoms with Crippen LogP contribution in [0.15, 0.2) is 18.2 Å². The molecule has 0 heterocycles. The van der Waals surface area contributed by atoms with Crippen molar-refractivity contribution in [1.82, 2.24) is 5.32 Å². The van der Waals surface area contributed by atoms with Crippen molar-refractivity contribution in [2.24, 2.45) is 5.92 Å². The molecule has 1 aromatic carbocycles. The number of nitrogens with one attached hydrogen (secondary N) is 1. The highest BCUT2D eigenvalue weighted by Crippen LogP contribution is 2.29. The lowest BCUT2D eigenvalue weighted by Gasteiger charge is -2.19. The first kappa shape index (κ1) is 17.3. The van der Waals surface area contributed by atoms with Crippen LogP contribution in [0.2, 0.25) is 5.02 Å². The summed E-state index contributed by atoms with van der Waals surface area (Å²) >= 11 is 6.34. The van der Waals surface area contributed by atoms with Gasteiger partial charge in [0.25, 0.3) is 0 Å². The average Bonchev–Trinajstić information content (AvgIpc) is 2.37. The molecule has 0 saturated carbocycles. The van der Waals surface area contributed by atoms with E-state index in [9.17, 15) is 0 Å². The van der Waals surface area contributed by atoms with E-state index in [1.807, 2.05) is 12.1 Å². The molecule has 0 bridgehead atoms. The van der Waals surface area contributed by atoms with Crippen molar-refractivity contribution in [2.45, 2.75) is 59.6 Å². The van der Waals surface area contributed by atoms with Gasteiger partial charge in [-0.2, -0.15) is 0 Å². The van der Waals surface area contributed by atoms with Crippen LogP contribution < -0.4 is 10.1 Å². The molecule has 20 heavy (non-hydrogen) atoms. The largest absolute Gasteiger partial charge is 0.489 e. The molecule has 0 saturated heterocycles. The van der Waals surface area contributed by atoms with E-state index in [2.05, 4.69) is 46.0 Å². The highest BCUT2D eigenvalue weighted by molar-refractivity contribution is 6.32. The highest BCUT2D eigenvalue weighted by atomic mass is 35.5. The van der Waals surface area contributed by atoms with Crippen LogP contribution in [0.1, 0.15) is 59.1 Å². The smallest absolute Gasteiger partial charge is 0.138 e. The Bertz CT molecular complexity index is 406. The van der Waals surface area contributed by atoms with E-state index in [1.54, 1.807) is 0 Å². The molecule has 1 aromatic rings. The molecular weight excluding hydrogens is 270 g/mol. The lowest BCUT2D eigenvalue weighted by molar-refractivity contribution is 0.193. The lowest BCUT2D eigenvalue weighted by Crippen LogP contribution is -2.19. The van der Waals surface area contributed by atoms with Gasteiger partial charge in [0.2, 0.25) is 0 Å². The predicted octanol–water partition coefficient (Wildman–Crippen LogP) is 5.21. The topological polar surface area (TPSA) is 21.3 Å². The average molecular weight is 298 g/mol. The summed E-state index contributed by atoms with van der Waals surface area (Å²) in [7, 11) is 0. The fraction of sp³-hybridized carbons (Fsp3) is 0.647. The minimum atomic E-state index is 0.189. The molecule has 0 fully saturated rings. The maximum absolute atomic E-state index is 6.34. The number of benzene rings is 1. The van der Waals surface area contributed by atoms with Crippen molar-refractivity contribution < 1.29 is 4.74 Å². The van der Waals surface area contributed by atoms with Gasteiger partial charge in [0, 0.05) is 6.04 Å². The Morgan fingerprint density at radius 1 is 1.20 bits per heavy atom. The van der Waals surface area contributed by atoms with Gasteiger partial charge in [-0.3, -0.25) is 0 Å². The summed E-state index contributed by atoms with van der Waals surface area (Å²) in [6, 6.07) is 6.40. The lowest BCUT2D eigenvalue weighted by atomic mass is 10.1. The zero-order valence-corrected chi connectivity index (χ0v) is 14.1. The number of rotatable bonds is 8. The predicted molar refractivity (Wildman–Crippen MR) is 87.7 cm³/mol. The first-order valence-corrected chi connectivity index (χ1v) is 8.01. The number of hydrogen-bond donors (Lipinski definition) is 1. The van der Waals surface area contributed by atoms with Crippen LogP contribution in [0.5, 0.6) is 5.75 Å². The second-order valence-electron chi connectivity index (χ2n) is 5.92. The van der Waals surface area contributed by atoms with Crippen LogP contribution in [0.25, 0.3) is 0 Å². The zero-order valence-electron chi connectivity index (χ0n) is 13.4. The third kappa shape index (κ3) is 5.72. The van der Waals surface area contributed by atoms with E-state index < -0.39 is 0 Å². The third-order valence-corrected chi connectivity index (χ3v) is 3.58. The Morgan fingerprint density at radius 3 is 2.45 bits per heavy atom. The number of hydrogen-bond acceptors (Lipinski definition) is 2. The normalized spacial score (nSPS) is 14.3. The number of halogens is 1.